The van der Waals surface area contributed by atoms with E-state index >= 15 is 0 Å². The normalized spacial score (nSPS) is 16.0. The van der Waals surface area contributed by atoms with Gasteiger partial charge in [0.1, 0.15) is 5.82 Å². The predicted molar refractivity (Wildman–Crippen MR) is 102 cm³/mol. The van der Waals surface area contributed by atoms with Gasteiger partial charge in [-0.05, 0) is 56.9 Å². The van der Waals surface area contributed by atoms with E-state index in [9.17, 15) is 14.0 Å². The number of benzene rings is 1. The van der Waals surface area contributed by atoms with Crippen LogP contribution in [0.5, 0.6) is 0 Å². The third-order valence-electron chi connectivity index (χ3n) is 4.85. The Morgan fingerprint density at radius 3 is 2.69 bits per heavy atom. The Kier molecular flexibility index (Phi) is 5.71. The van der Waals surface area contributed by atoms with Gasteiger partial charge in [0.2, 0.25) is 5.91 Å². The molecule has 0 aliphatic heterocycles. The second-order valence-electron chi connectivity index (χ2n) is 6.45. The zero-order valence-corrected chi connectivity index (χ0v) is 15.9. The zero-order valence-electron chi connectivity index (χ0n) is 15.0. The highest BCUT2D eigenvalue weighted by molar-refractivity contribution is 7.14. The van der Waals surface area contributed by atoms with E-state index in [0.717, 1.165) is 16.9 Å². The molecule has 0 fully saturated rings. The largest absolute Gasteiger partial charge is 0.339 e. The lowest BCUT2D eigenvalue weighted by molar-refractivity contribution is -0.120. The molecule has 0 spiro atoms. The minimum absolute atomic E-state index is 0.0572. The molecule has 4 nitrogen and oxygen atoms in total. The fourth-order valence-corrected chi connectivity index (χ4v) is 4.49. The molecule has 2 amide bonds. The Labute approximate surface area is 157 Å². The standard InChI is InChI=1S/C20H23FN2O2S/c1-3-23(4-2)20(25)18-12-14-11-13(9-10-17(14)26-18)19(24)22-16-8-6-5-7-15(16)21/h5-8,12-13H,3-4,9-11H2,1-2H3,(H,22,24)/t13-/m0/s1. The third kappa shape index (κ3) is 3.80. The van der Waals surface area contributed by atoms with Gasteiger partial charge in [0.05, 0.1) is 10.6 Å². The summed E-state index contributed by atoms with van der Waals surface area (Å²) in [6.45, 7) is 5.31. The highest BCUT2D eigenvalue weighted by Crippen LogP contribution is 2.33. The van der Waals surface area contributed by atoms with Gasteiger partial charge >= 0.3 is 0 Å². The summed E-state index contributed by atoms with van der Waals surface area (Å²) in [5, 5.41) is 2.69. The number of hydrogen-bond donors (Lipinski definition) is 1. The summed E-state index contributed by atoms with van der Waals surface area (Å²) in [6, 6.07) is 8.12. The first-order valence-electron chi connectivity index (χ1n) is 8.99. The monoisotopic (exact) mass is 374 g/mol. The van der Waals surface area contributed by atoms with Crippen LogP contribution >= 0.6 is 11.3 Å². The van der Waals surface area contributed by atoms with Crippen LogP contribution in [-0.4, -0.2) is 29.8 Å². The van der Waals surface area contributed by atoms with Crippen LogP contribution in [-0.2, 0) is 17.6 Å². The van der Waals surface area contributed by atoms with E-state index < -0.39 is 5.82 Å². The van der Waals surface area contributed by atoms with E-state index in [4.69, 9.17) is 0 Å². The summed E-state index contributed by atoms with van der Waals surface area (Å²) in [5.74, 6) is -0.738. The van der Waals surface area contributed by atoms with E-state index in [1.807, 2.05) is 19.9 Å². The molecule has 1 aromatic carbocycles. The highest BCUT2D eigenvalue weighted by atomic mass is 32.1. The second kappa shape index (κ2) is 7.99. The maximum atomic E-state index is 13.7. The third-order valence-corrected chi connectivity index (χ3v) is 6.07. The molecule has 0 unspecified atom stereocenters. The number of aryl methyl sites for hydroxylation is 1. The molecule has 1 aliphatic carbocycles. The summed E-state index contributed by atoms with van der Waals surface area (Å²) in [4.78, 5) is 28.8. The van der Waals surface area contributed by atoms with E-state index in [1.165, 1.54) is 22.3 Å². The Bertz CT molecular complexity index is 814. The molecule has 0 saturated carbocycles. The summed E-state index contributed by atoms with van der Waals surface area (Å²) < 4.78 is 13.7. The van der Waals surface area contributed by atoms with Gasteiger partial charge < -0.3 is 10.2 Å². The Hall–Kier alpha value is -2.21. The molecule has 1 aliphatic rings. The highest BCUT2D eigenvalue weighted by Gasteiger charge is 2.28. The summed E-state index contributed by atoms with van der Waals surface area (Å²) >= 11 is 1.54. The molecular weight excluding hydrogens is 351 g/mol. The summed E-state index contributed by atoms with van der Waals surface area (Å²) in [6.07, 6.45) is 2.09. The molecule has 1 heterocycles. The van der Waals surface area contributed by atoms with Gasteiger partial charge in [0.25, 0.3) is 5.91 Å². The maximum absolute atomic E-state index is 13.7. The van der Waals surface area contributed by atoms with Gasteiger partial charge in [0.15, 0.2) is 0 Å². The molecule has 6 heteroatoms. The van der Waals surface area contributed by atoms with Gasteiger partial charge in [-0.2, -0.15) is 0 Å². The number of fused-ring (bicyclic) bond motifs is 1. The average molecular weight is 374 g/mol. The first-order valence-corrected chi connectivity index (χ1v) is 9.81. The van der Waals surface area contributed by atoms with Crippen LogP contribution in [0.25, 0.3) is 0 Å². The molecule has 0 saturated heterocycles. The van der Waals surface area contributed by atoms with Gasteiger partial charge in [-0.25, -0.2) is 4.39 Å². The number of carbonyl (C=O) groups is 2. The summed E-state index contributed by atoms with van der Waals surface area (Å²) in [5.41, 5.74) is 1.29. The molecule has 2 aromatic rings. The predicted octanol–water partition coefficient (Wildman–Crippen LogP) is 4.11. The smallest absolute Gasteiger partial charge is 0.263 e. The number of hydrogen-bond acceptors (Lipinski definition) is 3. The first-order chi connectivity index (χ1) is 12.5. The van der Waals surface area contributed by atoms with Crippen LogP contribution in [0.1, 0.15) is 40.4 Å². The molecule has 26 heavy (non-hydrogen) atoms. The number of halogens is 1. The van der Waals surface area contributed by atoms with Crippen LogP contribution in [0.15, 0.2) is 30.3 Å². The van der Waals surface area contributed by atoms with Crippen molar-refractivity contribution < 1.29 is 14.0 Å². The number of nitrogens with zero attached hydrogens (tertiary/aromatic N) is 1. The van der Waals surface area contributed by atoms with Crippen LogP contribution in [0.4, 0.5) is 10.1 Å². The number of rotatable bonds is 5. The lowest BCUT2D eigenvalue weighted by Gasteiger charge is -2.21. The van der Waals surface area contributed by atoms with Crippen LogP contribution in [0.3, 0.4) is 0 Å². The maximum Gasteiger partial charge on any atom is 0.263 e. The second-order valence-corrected chi connectivity index (χ2v) is 7.58. The number of amides is 2. The number of nitrogens with one attached hydrogen (secondary N) is 1. The van der Waals surface area contributed by atoms with Crippen LogP contribution < -0.4 is 5.32 Å². The van der Waals surface area contributed by atoms with Crippen molar-refractivity contribution in [3.05, 3.63) is 51.5 Å². The average Bonchev–Trinajstić information content (AvgIpc) is 3.07. The van der Waals surface area contributed by atoms with E-state index in [2.05, 4.69) is 5.32 Å². The Balaban J connectivity index is 1.70. The van der Waals surface area contributed by atoms with E-state index in [0.29, 0.717) is 25.9 Å². The Morgan fingerprint density at radius 2 is 2.00 bits per heavy atom. The zero-order chi connectivity index (χ0) is 18.7. The lowest BCUT2D eigenvalue weighted by atomic mass is 9.87. The molecule has 0 radical (unpaired) electrons. The number of anilines is 1. The van der Waals surface area contributed by atoms with Crippen molar-refractivity contribution in [1.82, 2.24) is 4.90 Å². The van der Waals surface area contributed by atoms with E-state index in [1.54, 1.807) is 23.1 Å². The summed E-state index contributed by atoms with van der Waals surface area (Å²) in [7, 11) is 0. The van der Waals surface area contributed by atoms with Crippen molar-refractivity contribution in [2.45, 2.75) is 33.1 Å². The molecule has 138 valence electrons. The minimum Gasteiger partial charge on any atom is -0.339 e. The fraction of sp³-hybridized carbons (Fsp3) is 0.400. The van der Waals surface area contributed by atoms with Gasteiger partial charge in [-0.15, -0.1) is 11.3 Å². The molecule has 1 N–H and O–H groups in total. The van der Waals surface area contributed by atoms with Gasteiger partial charge in [0, 0.05) is 23.9 Å². The molecule has 1 atom stereocenters. The van der Waals surface area contributed by atoms with Crippen LogP contribution in [0.2, 0.25) is 0 Å². The molecule has 3 rings (SSSR count). The molecular formula is C20H23FN2O2S. The van der Waals surface area contributed by atoms with Crippen molar-refractivity contribution in [1.29, 1.82) is 0 Å². The van der Waals surface area contributed by atoms with Gasteiger partial charge in [-0.3, -0.25) is 9.59 Å². The quantitative estimate of drug-likeness (QED) is 0.856. The Morgan fingerprint density at radius 1 is 1.27 bits per heavy atom. The van der Waals surface area contributed by atoms with Crippen molar-refractivity contribution >= 4 is 28.8 Å². The van der Waals surface area contributed by atoms with Crippen molar-refractivity contribution in [3.8, 4) is 0 Å². The minimum atomic E-state index is -0.431. The van der Waals surface area contributed by atoms with E-state index in [-0.39, 0.29) is 23.4 Å². The lowest BCUT2D eigenvalue weighted by Crippen LogP contribution is -2.29. The molecule has 1 aromatic heterocycles. The van der Waals surface area contributed by atoms with Crippen LogP contribution in [0, 0.1) is 11.7 Å². The number of carbonyl (C=O) groups excluding carboxylic acids is 2. The van der Waals surface area contributed by atoms with Crippen molar-refractivity contribution in [2.75, 3.05) is 18.4 Å². The number of para-hydroxylation sites is 1. The van der Waals surface area contributed by atoms with Gasteiger partial charge in [-0.1, -0.05) is 12.1 Å². The number of thiophene rings is 1. The first kappa shape index (κ1) is 18.6. The topological polar surface area (TPSA) is 49.4 Å². The van der Waals surface area contributed by atoms with Crippen molar-refractivity contribution in [3.63, 3.8) is 0 Å². The SMILES string of the molecule is CCN(CC)C(=O)c1cc2c(s1)CC[C@H](C(=O)Nc1ccccc1F)C2. The van der Waals surface area contributed by atoms with Crippen molar-refractivity contribution in [2.24, 2.45) is 5.92 Å². The fourth-order valence-electron chi connectivity index (χ4n) is 3.32. The molecule has 0 bridgehead atoms.